The van der Waals surface area contributed by atoms with E-state index in [4.69, 9.17) is 14.6 Å². The summed E-state index contributed by atoms with van der Waals surface area (Å²) in [6.07, 6.45) is -4.07. The Labute approximate surface area is 256 Å². The maximum Gasteiger partial charge on any atom is 0.416 e. The normalized spacial score (nSPS) is 16.6. The number of aromatic nitrogens is 3. The maximum absolute atomic E-state index is 13.6. The minimum Gasteiger partial charge on any atom is -0.483 e. The van der Waals surface area contributed by atoms with E-state index in [0.29, 0.717) is 30.0 Å². The van der Waals surface area contributed by atoms with Crippen LogP contribution in [-0.2, 0) is 26.9 Å². The average molecular weight is 628 g/mol. The summed E-state index contributed by atoms with van der Waals surface area (Å²) < 4.78 is 47.1. The number of anilines is 2. The highest BCUT2D eigenvalue weighted by Gasteiger charge is 2.41. The second-order valence-corrected chi connectivity index (χ2v) is 10.5. The number of nitrogens with one attached hydrogen (secondary N) is 2. The van der Waals surface area contributed by atoms with Crippen LogP contribution in [0.15, 0.2) is 58.5 Å². The summed E-state index contributed by atoms with van der Waals surface area (Å²) in [5.74, 6) is -0.174. The number of carbonyl (C=O) groups excluding carboxylic acids is 1. The molecule has 0 unspecified atom stereocenters. The minimum atomic E-state index is -4.61. The van der Waals surface area contributed by atoms with E-state index in [1.165, 1.54) is 28.7 Å². The fourth-order valence-electron chi connectivity index (χ4n) is 5.79. The van der Waals surface area contributed by atoms with Crippen molar-refractivity contribution >= 4 is 24.1 Å². The zero-order valence-corrected chi connectivity index (χ0v) is 24.8. The number of halogens is 3. The first-order valence-electron chi connectivity index (χ1n) is 13.9. The second-order valence-electron chi connectivity index (χ2n) is 10.5. The Kier molecular flexibility index (Phi) is 10.1. The molecular formula is C30H32F3N7O5. The molecule has 3 heterocycles. The van der Waals surface area contributed by atoms with Crippen LogP contribution in [0.25, 0.3) is 0 Å². The SMILES string of the molecule is CNCC1CN(CCc2cc(C#N)ccc2[C@@H]2C(C(=O)OC)=C(C)N(c3cccc(C(F)(F)F)c3)c3n[nH]c(=O)n32)C1.O=CO. The molecule has 3 N–H and O–H groups in total. The van der Waals surface area contributed by atoms with E-state index < -0.39 is 29.4 Å². The molecule has 3 aromatic rings. The predicted molar refractivity (Wildman–Crippen MR) is 157 cm³/mol. The van der Waals surface area contributed by atoms with Gasteiger partial charge in [0.05, 0.1) is 29.9 Å². The molecule has 1 aromatic heterocycles. The molecule has 0 saturated carbocycles. The van der Waals surface area contributed by atoms with Gasteiger partial charge in [0.1, 0.15) is 6.04 Å². The Morgan fingerprint density at radius 2 is 1.98 bits per heavy atom. The van der Waals surface area contributed by atoms with Crippen LogP contribution in [0.5, 0.6) is 0 Å². The van der Waals surface area contributed by atoms with Crippen molar-refractivity contribution in [1.29, 1.82) is 5.26 Å². The molecule has 0 amide bonds. The van der Waals surface area contributed by atoms with Gasteiger partial charge in [-0.2, -0.15) is 18.4 Å². The first kappa shape index (κ1) is 33.0. The number of benzene rings is 2. The monoisotopic (exact) mass is 627 g/mol. The number of methoxy groups -OCH3 is 1. The van der Waals surface area contributed by atoms with Gasteiger partial charge < -0.3 is 20.1 Å². The first-order valence-corrected chi connectivity index (χ1v) is 13.9. The van der Waals surface area contributed by atoms with Gasteiger partial charge in [-0.15, -0.1) is 5.10 Å². The Balaban J connectivity index is 0.00000148. The third-order valence-corrected chi connectivity index (χ3v) is 7.77. The molecule has 1 saturated heterocycles. The number of hydrogen-bond donors (Lipinski definition) is 3. The highest BCUT2D eigenvalue weighted by atomic mass is 19.4. The van der Waals surface area contributed by atoms with Crippen molar-refractivity contribution in [2.45, 2.75) is 25.6 Å². The van der Waals surface area contributed by atoms with Crippen molar-refractivity contribution < 1.29 is 32.6 Å². The van der Waals surface area contributed by atoms with Crippen LogP contribution in [0.2, 0.25) is 0 Å². The number of likely N-dealkylation sites (tertiary alicyclic amines) is 1. The van der Waals surface area contributed by atoms with Crippen molar-refractivity contribution in [3.63, 3.8) is 0 Å². The molecule has 238 valence electrons. The largest absolute Gasteiger partial charge is 0.483 e. The summed E-state index contributed by atoms with van der Waals surface area (Å²) in [5, 5.41) is 26.2. The van der Waals surface area contributed by atoms with Crippen LogP contribution in [-0.4, -0.2) is 77.5 Å². The number of nitriles is 1. The average Bonchev–Trinajstić information content (AvgIpc) is 3.37. The van der Waals surface area contributed by atoms with Gasteiger partial charge in [-0.25, -0.2) is 19.3 Å². The van der Waals surface area contributed by atoms with Gasteiger partial charge in [-0.3, -0.25) is 9.69 Å². The molecule has 1 fully saturated rings. The van der Waals surface area contributed by atoms with E-state index in [0.717, 1.165) is 37.3 Å². The van der Waals surface area contributed by atoms with E-state index >= 15 is 0 Å². The van der Waals surface area contributed by atoms with Gasteiger partial charge in [-0.1, -0.05) is 12.1 Å². The summed E-state index contributed by atoms with van der Waals surface area (Å²) in [5.41, 5.74) is 0.611. The third-order valence-electron chi connectivity index (χ3n) is 7.77. The predicted octanol–water partition coefficient (Wildman–Crippen LogP) is 3.04. The molecule has 15 heteroatoms. The van der Waals surface area contributed by atoms with Crippen molar-refractivity contribution in [3.8, 4) is 6.07 Å². The Morgan fingerprint density at radius 3 is 2.60 bits per heavy atom. The minimum absolute atomic E-state index is 0.0161. The maximum atomic E-state index is 13.6. The summed E-state index contributed by atoms with van der Waals surface area (Å²) in [6.45, 7) is 4.82. The topological polar surface area (TPSA) is 157 Å². The second kappa shape index (κ2) is 13.8. The molecule has 12 nitrogen and oxygen atoms in total. The number of fused-ring (bicyclic) bond motifs is 1. The number of aromatic amines is 1. The van der Waals surface area contributed by atoms with Crippen molar-refractivity contribution in [2.75, 3.05) is 45.2 Å². The fourth-order valence-corrected chi connectivity index (χ4v) is 5.79. The number of ether oxygens (including phenoxy) is 1. The van der Waals surface area contributed by atoms with Crippen LogP contribution in [0.1, 0.15) is 35.2 Å². The lowest BCUT2D eigenvalue weighted by molar-refractivity contribution is -0.138. The van der Waals surface area contributed by atoms with Crippen LogP contribution in [0, 0.1) is 17.2 Å². The zero-order chi connectivity index (χ0) is 32.9. The van der Waals surface area contributed by atoms with E-state index in [2.05, 4.69) is 26.5 Å². The van der Waals surface area contributed by atoms with E-state index in [1.54, 1.807) is 25.1 Å². The summed E-state index contributed by atoms with van der Waals surface area (Å²) in [7, 11) is 3.12. The van der Waals surface area contributed by atoms with Crippen LogP contribution < -0.4 is 15.9 Å². The smallest absolute Gasteiger partial charge is 0.416 e. The number of nitrogens with zero attached hydrogens (tertiary/aromatic N) is 5. The molecule has 5 rings (SSSR count). The van der Waals surface area contributed by atoms with Gasteiger partial charge in [0, 0.05) is 37.6 Å². The third kappa shape index (κ3) is 6.76. The summed E-state index contributed by atoms with van der Waals surface area (Å²) in [4.78, 5) is 38.6. The van der Waals surface area contributed by atoms with E-state index in [-0.39, 0.29) is 29.4 Å². The lowest BCUT2D eigenvalue weighted by atomic mass is 9.88. The molecule has 2 aliphatic rings. The fraction of sp³-hybridized carbons (Fsp3) is 0.367. The molecule has 2 aliphatic heterocycles. The zero-order valence-electron chi connectivity index (χ0n) is 24.8. The van der Waals surface area contributed by atoms with Crippen LogP contribution in [0.3, 0.4) is 0 Å². The number of rotatable bonds is 8. The first-order chi connectivity index (χ1) is 21.5. The van der Waals surface area contributed by atoms with Crippen molar-refractivity contribution in [1.82, 2.24) is 25.0 Å². The molecule has 0 spiro atoms. The standard InChI is InChI=1S/C29H30F3N7O3.CH2O2/c1-17-24(26(40)42-3)25(23-8-7-18(13-33)11-20(23)9-10-37-15-19(16-37)14-34-2)39-27(35-36-28(39)41)38(17)22-6-4-5-21(12-22)29(30,31)32;2-1-3/h4-8,11-12,19,25,34H,9-10,14-16H2,1-3H3,(H,36,41);1H,(H,2,3)/t25-;/m1./s1. The highest BCUT2D eigenvalue weighted by Crippen LogP contribution is 2.43. The summed E-state index contributed by atoms with van der Waals surface area (Å²) >= 11 is 0. The van der Waals surface area contributed by atoms with Crippen molar-refractivity contribution in [2.24, 2.45) is 5.92 Å². The molecule has 0 bridgehead atoms. The Bertz CT molecular complexity index is 1690. The van der Waals surface area contributed by atoms with Crippen molar-refractivity contribution in [3.05, 3.63) is 86.5 Å². The van der Waals surface area contributed by atoms with Gasteiger partial charge in [0.15, 0.2) is 0 Å². The van der Waals surface area contributed by atoms with Crippen LogP contribution in [0.4, 0.5) is 24.8 Å². The van der Waals surface area contributed by atoms with Gasteiger partial charge >= 0.3 is 17.8 Å². The highest BCUT2D eigenvalue weighted by molar-refractivity contribution is 5.93. The lowest BCUT2D eigenvalue weighted by Crippen LogP contribution is -2.50. The number of alkyl halides is 3. The number of carboxylic acid groups (broad SMARTS) is 1. The molecule has 2 aromatic carbocycles. The number of hydrogen-bond acceptors (Lipinski definition) is 9. The molecule has 1 atom stereocenters. The van der Waals surface area contributed by atoms with E-state index in [1.807, 2.05) is 7.05 Å². The van der Waals surface area contributed by atoms with E-state index in [9.17, 15) is 28.0 Å². The quantitative estimate of drug-likeness (QED) is 0.251. The van der Waals surface area contributed by atoms with Crippen LogP contribution >= 0.6 is 0 Å². The molecule has 45 heavy (non-hydrogen) atoms. The van der Waals surface area contributed by atoms with Gasteiger partial charge in [0.25, 0.3) is 6.47 Å². The number of esters is 1. The Morgan fingerprint density at radius 1 is 1.27 bits per heavy atom. The molecular weight excluding hydrogens is 595 g/mol. The van der Waals surface area contributed by atoms with Gasteiger partial charge in [-0.05, 0) is 67.8 Å². The number of carbonyl (C=O) groups is 2. The lowest BCUT2D eigenvalue weighted by Gasteiger charge is -2.39. The number of allylic oxidation sites excluding steroid dienone is 1. The molecule has 0 aliphatic carbocycles. The molecule has 0 radical (unpaired) electrons. The van der Waals surface area contributed by atoms with Gasteiger partial charge in [0.2, 0.25) is 5.95 Å². The summed E-state index contributed by atoms with van der Waals surface area (Å²) in [6, 6.07) is 10.8. The Hall–Kier alpha value is -4.94. The number of H-pyrrole nitrogens is 1.